The van der Waals surface area contributed by atoms with Crippen molar-refractivity contribution in [3.05, 3.63) is 59.9 Å². The number of halogens is 1. The Bertz CT molecular complexity index is 437. The lowest BCUT2D eigenvalue weighted by atomic mass is 10.2. The monoisotopic (exact) mass is 218 g/mol. The topological polar surface area (TPSA) is 29.5 Å². The highest BCUT2D eigenvalue weighted by Gasteiger charge is 1.98. The second kappa shape index (κ2) is 4.66. The summed E-state index contributed by atoms with van der Waals surface area (Å²) in [5.74, 6) is 0.345. The second-order valence-corrected chi connectivity index (χ2v) is 3.42. The minimum Gasteiger partial charge on any atom is -0.508 e. The summed E-state index contributed by atoms with van der Waals surface area (Å²) in [5.41, 5.74) is 0.837. The molecule has 0 spiro atoms. The van der Waals surface area contributed by atoms with Crippen LogP contribution < -0.4 is 4.74 Å². The number of aromatic hydroxyl groups is 1. The van der Waals surface area contributed by atoms with Crippen molar-refractivity contribution >= 4 is 0 Å². The van der Waals surface area contributed by atoms with E-state index in [0.29, 0.717) is 12.4 Å². The number of rotatable bonds is 3. The van der Waals surface area contributed by atoms with E-state index < -0.39 is 0 Å². The largest absolute Gasteiger partial charge is 0.508 e. The van der Waals surface area contributed by atoms with Crippen LogP contribution in [0, 0.1) is 5.82 Å². The van der Waals surface area contributed by atoms with Crippen LogP contribution in [0.5, 0.6) is 11.5 Å². The summed E-state index contributed by atoms with van der Waals surface area (Å²) in [4.78, 5) is 0. The van der Waals surface area contributed by atoms with Crippen molar-refractivity contribution in [2.45, 2.75) is 6.61 Å². The van der Waals surface area contributed by atoms with Crippen LogP contribution in [0.1, 0.15) is 5.56 Å². The normalized spacial score (nSPS) is 10.1. The van der Waals surface area contributed by atoms with E-state index >= 15 is 0 Å². The molecule has 0 atom stereocenters. The maximum absolute atomic E-state index is 12.8. The average Bonchev–Trinajstić information content (AvgIpc) is 2.27. The highest BCUT2D eigenvalue weighted by molar-refractivity contribution is 5.28. The maximum atomic E-state index is 12.8. The number of ether oxygens (including phenoxy) is 1. The third-order valence-corrected chi connectivity index (χ3v) is 2.11. The summed E-state index contributed by atoms with van der Waals surface area (Å²) in [7, 11) is 0. The first kappa shape index (κ1) is 10.5. The number of phenolic OH excluding ortho intramolecular Hbond substituents is 1. The SMILES string of the molecule is Oc1cccc(COc2cccc(F)c2)c1. The van der Waals surface area contributed by atoms with Gasteiger partial charge >= 0.3 is 0 Å². The van der Waals surface area contributed by atoms with Crippen molar-refractivity contribution in [1.29, 1.82) is 0 Å². The fraction of sp³-hybridized carbons (Fsp3) is 0.0769. The van der Waals surface area contributed by atoms with Crippen molar-refractivity contribution in [2.75, 3.05) is 0 Å². The molecule has 2 nitrogen and oxygen atoms in total. The van der Waals surface area contributed by atoms with Gasteiger partial charge in [0.25, 0.3) is 0 Å². The number of hydrogen-bond donors (Lipinski definition) is 1. The van der Waals surface area contributed by atoms with Gasteiger partial charge in [0.1, 0.15) is 23.9 Å². The van der Waals surface area contributed by atoms with Crippen LogP contribution >= 0.6 is 0 Å². The molecule has 0 fully saturated rings. The molecule has 0 aliphatic carbocycles. The molecule has 2 aromatic carbocycles. The lowest BCUT2D eigenvalue weighted by Crippen LogP contribution is -1.95. The number of hydrogen-bond acceptors (Lipinski definition) is 2. The molecule has 0 aliphatic heterocycles. The molecule has 0 bridgehead atoms. The highest BCUT2D eigenvalue weighted by Crippen LogP contribution is 2.16. The fourth-order valence-electron chi connectivity index (χ4n) is 1.37. The van der Waals surface area contributed by atoms with Gasteiger partial charge in [-0.1, -0.05) is 18.2 Å². The smallest absolute Gasteiger partial charge is 0.126 e. The third kappa shape index (κ3) is 2.73. The van der Waals surface area contributed by atoms with Crippen LogP contribution in [-0.2, 0) is 6.61 Å². The van der Waals surface area contributed by atoms with E-state index in [1.807, 2.05) is 6.07 Å². The first-order chi connectivity index (χ1) is 7.74. The van der Waals surface area contributed by atoms with Crippen LogP contribution in [0.3, 0.4) is 0 Å². The predicted octanol–water partition coefficient (Wildman–Crippen LogP) is 3.11. The number of phenols is 1. The van der Waals surface area contributed by atoms with Gasteiger partial charge in [0.15, 0.2) is 0 Å². The van der Waals surface area contributed by atoms with E-state index in [1.165, 1.54) is 12.1 Å². The van der Waals surface area contributed by atoms with E-state index in [2.05, 4.69) is 0 Å². The zero-order valence-electron chi connectivity index (χ0n) is 8.56. The summed E-state index contributed by atoms with van der Waals surface area (Å²) in [6.45, 7) is 0.303. The lowest BCUT2D eigenvalue weighted by molar-refractivity contribution is 0.304. The molecule has 3 heteroatoms. The molecule has 0 aromatic heterocycles. The van der Waals surface area contributed by atoms with Gasteiger partial charge in [-0.05, 0) is 29.8 Å². The molecular formula is C13H11FO2. The minimum absolute atomic E-state index is 0.195. The molecule has 0 saturated carbocycles. The summed E-state index contributed by atoms with van der Waals surface area (Å²) in [5, 5.41) is 9.24. The van der Waals surface area contributed by atoms with Crippen LogP contribution in [0.2, 0.25) is 0 Å². The Morgan fingerprint density at radius 2 is 1.88 bits per heavy atom. The molecule has 0 aliphatic rings. The molecule has 0 amide bonds. The molecule has 2 aromatic rings. The van der Waals surface area contributed by atoms with Gasteiger partial charge in [-0.15, -0.1) is 0 Å². The van der Waals surface area contributed by atoms with Crippen molar-refractivity contribution in [3.63, 3.8) is 0 Å². The van der Waals surface area contributed by atoms with Gasteiger partial charge in [0, 0.05) is 6.07 Å². The van der Waals surface area contributed by atoms with Crippen LogP contribution in [0.15, 0.2) is 48.5 Å². The Morgan fingerprint density at radius 1 is 1.06 bits per heavy atom. The Balaban J connectivity index is 2.02. The maximum Gasteiger partial charge on any atom is 0.126 e. The van der Waals surface area contributed by atoms with Gasteiger partial charge < -0.3 is 9.84 Å². The van der Waals surface area contributed by atoms with Crippen molar-refractivity contribution in [1.82, 2.24) is 0 Å². The van der Waals surface area contributed by atoms with Crippen LogP contribution in [-0.4, -0.2) is 5.11 Å². The average molecular weight is 218 g/mol. The first-order valence-corrected chi connectivity index (χ1v) is 4.90. The molecule has 0 unspecified atom stereocenters. The Labute approximate surface area is 92.9 Å². The zero-order valence-corrected chi connectivity index (χ0v) is 8.56. The van der Waals surface area contributed by atoms with Crippen LogP contribution in [0.25, 0.3) is 0 Å². The number of benzene rings is 2. The molecular weight excluding hydrogens is 207 g/mol. The Kier molecular flexibility index (Phi) is 3.05. The molecule has 0 saturated heterocycles. The summed E-state index contributed by atoms with van der Waals surface area (Å²) >= 11 is 0. The highest BCUT2D eigenvalue weighted by atomic mass is 19.1. The van der Waals surface area contributed by atoms with E-state index in [-0.39, 0.29) is 11.6 Å². The summed E-state index contributed by atoms with van der Waals surface area (Å²) in [6.07, 6.45) is 0. The van der Waals surface area contributed by atoms with Crippen molar-refractivity contribution < 1.29 is 14.2 Å². The first-order valence-electron chi connectivity index (χ1n) is 4.90. The fourth-order valence-corrected chi connectivity index (χ4v) is 1.37. The minimum atomic E-state index is -0.326. The Morgan fingerprint density at radius 3 is 2.62 bits per heavy atom. The quantitative estimate of drug-likeness (QED) is 0.857. The van der Waals surface area contributed by atoms with Gasteiger partial charge in [-0.3, -0.25) is 0 Å². The molecule has 2 rings (SSSR count). The van der Waals surface area contributed by atoms with Crippen LogP contribution in [0.4, 0.5) is 4.39 Å². The molecule has 16 heavy (non-hydrogen) atoms. The van der Waals surface area contributed by atoms with Gasteiger partial charge in [0.2, 0.25) is 0 Å². The molecule has 0 radical (unpaired) electrons. The van der Waals surface area contributed by atoms with Crippen molar-refractivity contribution in [2.24, 2.45) is 0 Å². The zero-order chi connectivity index (χ0) is 11.4. The lowest BCUT2D eigenvalue weighted by Gasteiger charge is -2.06. The van der Waals surface area contributed by atoms with E-state index in [4.69, 9.17) is 4.74 Å². The molecule has 1 N–H and O–H groups in total. The standard InChI is InChI=1S/C13H11FO2/c14-11-4-2-6-13(8-11)16-9-10-3-1-5-12(15)7-10/h1-8,15H,9H2. The van der Waals surface area contributed by atoms with Gasteiger partial charge in [-0.2, -0.15) is 0 Å². The van der Waals surface area contributed by atoms with Gasteiger partial charge in [0.05, 0.1) is 0 Å². The molecule has 0 heterocycles. The van der Waals surface area contributed by atoms with Gasteiger partial charge in [-0.25, -0.2) is 4.39 Å². The Hall–Kier alpha value is -2.03. The van der Waals surface area contributed by atoms with E-state index in [0.717, 1.165) is 5.56 Å². The second-order valence-electron chi connectivity index (χ2n) is 3.42. The predicted molar refractivity (Wildman–Crippen MR) is 58.8 cm³/mol. The third-order valence-electron chi connectivity index (χ3n) is 2.11. The van der Waals surface area contributed by atoms with E-state index in [9.17, 15) is 9.50 Å². The molecule has 82 valence electrons. The summed E-state index contributed by atoms with van der Waals surface area (Å²) < 4.78 is 18.2. The van der Waals surface area contributed by atoms with Crippen molar-refractivity contribution in [3.8, 4) is 11.5 Å². The van der Waals surface area contributed by atoms with E-state index in [1.54, 1.807) is 30.3 Å². The summed E-state index contributed by atoms with van der Waals surface area (Å²) in [6, 6.07) is 12.7.